The van der Waals surface area contributed by atoms with Crippen molar-refractivity contribution in [2.45, 2.75) is 20.0 Å². The van der Waals surface area contributed by atoms with E-state index >= 15 is 0 Å². The van der Waals surface area contributed by atoms with Crippen LogP contribution in [0.1, 0.15) is 13.8 Å². The van der Waals surface area contributed by atoms with Gasteiger partial charge in [0.2, 0.25) is 0 Å². The summed E-state index contributed by atoms with van der Waals surface area (Å²) in [6.45, 7) is 3.44. The molecule has 0 aromatic rings. The summed E-state index contributed by atoms with van der Waals surface area (Å²) in [7, 11) is -5.17. The van der Waals surface area contributed by atoms with Crippen LogP contribution in [0.25, 0.3) is 0 Å². The van der Waals surface area contributed by atoms with Crippen LogP contribution in [0.4, 0.5) is 0 Å². The van der Waals surface area contributed by atoms with Crippen LogP contribution in [0, 0.1) is 0 Å². The summed E-state index contributed by atoms with van der Waals surface area (Å²) >= 11 is 0. The van der Waals surface area contributed by atoms with Gasteiger partial charge >= 0.3 is 59.1 Å². The van der Waals surface area contributed by atoms with Gasteiger partial charge in [0, 0.05) is 16.5 Å². The number of hydrogen-bond donors (Lipinski definition) is 1. The van der Waals surface area contributed by atoms with Gasteiger partial charge in [0.05, 0.1) is 0 Å². The molecule has 58 valence electrons. The Morgan fingerprint density at radius 1 is 1.18 bits per heavy atom. The van der Waals surface area contributed by atoms with E-state index in [1.165, 1.54) is 0 Å². The number of aliphatic hydroxyl groups excluding tert-OH is 1. The summed E-state index contributed by atoms with van der Waals surface area (Å²) in [5.41, 5.74) is 0. The molecule has 0 unspecified atom stereocenters. The Morgan fingerprint density at radius 2 is 1.18 bits per heavy atom. The van der Waals surface area contributed by atoms with E-state index < -0.39 is 10.4 Å². The third kappa shape index (κ3) is 341. The zero-order chi connectivity index (χ0) is 8.08. The molecule has 0 rings (SSSR count). The molecule has 0 aromatic carbocycles. The maximum absolute atomic E-state index is 8.52. The van der Waals surface area contributed by atoms with Crippen molar-refractivity contribution in [1.29, 1.82) is 0 Å². The minimum Gasteiger partial charge on any atom is -0.759 e. The van der Waals surface area contributed by atoms with Crippen molar-refractivity contribution < 1.29 is 81.7 Å². The predicted molar refractivity (Wildman–Crippen MR) is 27.8 cm³/mol. The van der Waals surface area contributed by atoms with Crippen molar-refractivity contribution in [1.82, 2.24) is 0 Å². The molecule has 0 amide bonds. The van der Waals surface area contributed by atoms with E-state index in [0.29, 0.717) is 0 Å². The van der Waals surface area contributed by atoms with Crippen molar-refractivity contribution in [3.05, 3.63) is 0 Å². The quantitative estimate of drug-likeness (QED) is 0.239. The van der Waals surface area contributed by atoms with E-state index in [2.05, 4.69) is 0 Å². The van der Waals surface area contributed by atoms with Gasteiger partial charge in [-0.25, -0.2) is 0 Å². The Labute approximate surface area is 111 Å². The molecule has 0 aromatic heterocycles. The van der Waals surface area contributed by atoms with Gasteiger partial charge < -0.3 is 14.2 Å². The van der Waals surface area contributed by atoms with Gasteiger partial charge in [0.15, 0.2) is 0 Å². The fourth-order valence-corrected chi connectivity index (χ4v) is 0. The van der Waals surface area contributed by atoms with Crippen LogP contribution < -0.4 is 59.1 Å². The third-order valence-corrected chi connectivity index (χ3v) is 0. The van der Waals surface area contributed by atoms with Crippen LogP contribution in [-0.4, -0.2) is 28.7 Å². The average Bonchev–Trinajstić information content (AvgIpc) is 1.19. The summed E-state index contributed by atoms with van der Waals surface area (Å²) in [5.74, 6) is 0. The molecule has 0 aliphatic heterocycles. The number of rotatable bonds is 0. The van der Waals surface area contributed by atoms with E-state index in [9.17, 15) is 0 Å². The Bertz CT molecular complexity index is 131. The molecule has 0 bridgehead atoms. The number of aliphatic hydroxyl groups is 1. The molecule has 0 aliphatic rings. The second kappa shape index (κ2) is 11.8. The van der Waals surface area contributed by atoms with E-state index in [-0.39, 0.29) is 65.2 Å². The Morgan fingerprint density at radius 3 is 1.18 bits per heavy atom. The van der Waals surface area contributed by atoms with Crippen LogP contribution in [0.3, 0.4) is 0 Å². The van der Waals surface area contributed by atoms with E-state index in [1.54, 1.807) is 13.8 Å². The molecule has 11 heavy (non-hydrogen) atoms. The second-order valence-corrected chi connectivity index (χ2v) is 2.32. The minimum atomic E-state index is -5.17. The van der Waals surface area contributed by atoms with Gasteiger partial charge in [0.1, 0.15) is 0 Å². The SMILES string of the molecule is CC(C)O.O=S(=O)([O-])[O-].[Na+].[Na+]. The molecule has 0 heterocycles. The fraction of sp³-hybridized carbons (Fsp3) is 1.00. The van der Waals surface area contributed by atoms with Crippen molar-refractivity contribution in [2.24, 2.45) is 0 Å². The molecule has 0 fully saturated rings. The largest absolute Gasteiger partial charge is 1.00 e. The summed E-state index contributed by atoms with van der Waals surface area (Å²) in [6.07, 6.45) is -0.167. The van der Waals surface area contributed by atoms with Gasteiger partial charge in [0.25, 0.3) is 0 Å². The number of hydrogen-bond acceptors (Lipinski definition) is 5. The summed E-state index contributed by atoms with van der Waals surface area (Å²) in [5, 5.41) is 8.06. The van der Waals surface area contributed by atoms with Crippen molar-refractivity contribution in [3.8, 4) is 0 Å². The molecule has 5 nitrogen and oxygen atoms in total. The molecular formula is C3H8Na2O5S. The van der Waals surface area contributed by atoms with Crippen LogP contribution >= 0.6 is 0 Å². The maximum Gasteiger partial charge on any atom is 1.00 e. The fourth-order valence-electron chi connectivity index (χ4n) is 0. The maximum atomic E-state index is 8.52. The zero-order valence-electron chi connectivity index (χ0n) is 7.07. The van der Waals surface area contributed by atoms with E-state index in [0.717, 1.165) is 0 Å². The van der Waals surface area contributed by atoms with Crippen molar-refractivity contribution >= 4 is 10.4 Å². The smallest absolute Gasteiger partial charge is 0.759 e. The second-order valence-electron chi connectivity index (χ2n) is 1.50. The molecule has 8 heteroatoms. The first kappa shape index (κ1) is 23.0. The van der Waals surface area contributed by atoms with E-state index in [4.69, 9.17) is 22.6 Å². The van der Waals surface area contributed by atoms with Gasteiger partial charge in [-0.1, -0.05) is 0 Å². The normalized spacial score (nSPS) is 8.55. The monoisotopic (exact) mass is 202 g/mol. The van der Waals surface area contributed by atoms with Gasteiger partial charge in [-0.3, -0.25) is 8.42 Å². The van der Waals surface area contributed by atoms with Crippen LogP contribution in [0.15, 0.2) is 0 Å². The Kier molecular flexibility index (Phi) is 24.8. The van der Waals surface area contributed by atoms with Crippen molar-refractivity contribution in [2.75, 3.05) is 0 Å². The topological polar surface area (TPSA) is 100 Å². The molecular weight excluding hydrogens is 194 g/mol. The molecule has 0 radical (unpaired) electrons. The first-order chi connectivity index (χ1) is 3.73. The Balaban J connectivity index is -0.0000000383. The minimum absolute atomic E-state index is 0. The standard InChI is InChI=1S/C3H8O.2Na.H2O4S/c1-3(2)4;;;1-5(2,3)4/h3-4H,1-2H3;;;(H2,1,2,3,4)/q;2*+1;/p-2. The molecule has 0 saturated heterocycles. The zero-order valence-corrected chi connectivity index (χ0v) is 11.9. The predicted octanol–water partition coefficient (Wildman–Crippen LogP) is -6.94. The summed E-state index contributed by atoms with van der Waals surface area (Å²) < 4.78 is 34.1. The van der Waals surface area contributed by atoms with Crippen LogP contribution in [-0.2, 0) is 10.4 Å². The first-order valence-electron chi connectivity index (χ1n) is 2.08. The van der Waals surface area contributed by atoms with Crippen LogP contribution in [0.5, 0.6) is 0 Å². The summed E-state index contributed by atoms with van der Waals surface area (Å²) in [6, 6.07) is 0. The van der Waals surface area contributed by atoms with E-state index in [1.807, 2.05) is 0 Å². The third-order valence-electron chi connectivity index (χ3n) is 0. The first-order valence-corrected chi connectivity index (χ1v) is 3.41. The van der Waals surface area contributed by atoms with Crippen LogP contribution in [0.2, 0.25) is 0 Å². The Hall–Kier alpha value is 1.83. The summed E-state index contributed by atoms with van der Waals surface area (Å²) in [4.78, 5) is 0. The van der Waals surface area contributed by atoms with Gasteiger partial charge in [-0.05, 0) is 13.8 Å². The molecule has 0 spiro atoms. The molecule has 0 saturated carbocycles. The average molecular weight is 202 g/mol. The van der Waals surface area contributed by atoms with Gasteiger partial charge in [-0.2, -0.15) is 0 Å². The van der Waals surface area contributed by atoms with Crippen molar-refractivity contribution in [3.63, 3.8) is 0 Å². The molecule has 1 N–H and O–H groups in total. The molecule has 0 aliphatic carbocycles. The molecule has 0 atom stereocenters. The van der Waals surface area contributed by atoms with Gasteiger partial charge in [-0.15, -0.1) is 0 Å².